The minimum Gasteiger partial charge on any atom is -0.464 e. The van der Waals surface area contributed by atoms with Crippen LogP contribution in [0.1, 0.15) is 48.0 Å². The summed E-state index contributed by atoms with van der Waals surface area (Å²) in [6.07, 6.45) is 4.84. The minimum absolute atomic E-state index is 0.249. The van der Waals surface area contributed by atoms with Crippen LogP contribution in [0, 0.1) is 6.92 Å². The fraction of sp³-hybridized carbons (Fsp3) is 0.714. The molecule has 3 heterocycles. The van der Waals surface area contributed by atoms with Gasteiger partial charge in [-0.25, -0.2) is 9.78 Å². The monoisotopic (exact) mass is 278 g/mol. The standard InChI is InChI=1S/C14H22N4O2/c1-9-16-12(14(19)20-2)13(15)18(9)11-6-8-17-7-4-3-5-10(11)17/h10-11H,3-8,15H2,1-2H3. The van der Waals surface area contributed by atoms with Gasteiger partial charge in [-0.2, -0.15) is 0 Å². The van der Waals surface area contributed by atoms with Crippen molar-refractivity contribution in [3.8, 4) is 0 Å². The number of hydrogen-bond donors (Lipinski definition) is 1. The summed E-state index contributed by atoms with van der Waals surface area (Å²) >= 11 is 0. The number of ether oxygens (including phenoxy) is 1. The van der Waals surface area contributed by atoms with Gasteiger partial charge < -0.3 is 15.0 Å². The second-order valence-corrected chi connectivity index (χ2v) is 5.71. The van der Waals surface area contributed by atoms with Gasteiger partial charge in [0.05, 0.1) is 13.2 Å². The van der Waals surface area contributed by atoms with Gasteiger partial charge in [0.1, 0.15) is 11.6 Å². The summed E-state index contributed by atoms with van der Waals surface area (Å²) in [5, 5.41) is 0. The molecule has 3 rings (SSSR count). The third-order valence-corrected chi connectivity index (χ3v) is 4.66. The van der Waals surface area contributed by atoms with Crippen LogP contribution in [-0.2, 0) is 4.74 Å². The maximum atomic E-state index is 11.7. The van der Waals surface area contributed by atoms with Crippen LogP contribution in [0.5, 0.6) is 0 Å². The predicted molar refractivity (Wildman–Crippen MR) is 75.6 cm³/mol. The molecule has 20 heavy (non-hydrogen) atoms. The van der Waals surface area contributed by atoms with E-state index in [1.54, 1.807) is 0 Å². The lowest BCUT2D eigenvalue weighted by Gasteiger charge is -2.33. The summed E-state index contributed by atoms with van der Waals surface area (Å²) in [5.74, 6) is 0.801. The van der Waals surface area contributed by atoms with Crippen molar-refractivity contribution in [3.63, 3.8) is 0 Å². The molecule has 1 aromatic heterocycles. The Morgan fingerprint density at radius 1 is 1.30 bits per heavy atom. The van der Waals surface area contributed by atoms with E-state index >= 15 is 0 Å². The van der Waals surface area contributed by atoms with Gasteiger partial charge in [-0.15, -0.1) is 0 Å². The van der Waals surface area contributed by atoms with E-state index in [0.29, 0.717) is 17.9 Å². The topological polar surface area (TPSA) is 73.4 Å². The highest BCUT2D eigenvalue weighted by atomic mass is 16.5. The van der Waals surface area contributed by atoms with Crippen LogP contribution >= 0.6 is 0 Å². The highest BCUT2D eigenvalue weighted by Crippen LogP contribution is 2.37. The van der Waals surface area contributed by atoms with Crippen LogP contribution in [0.4, 0.5) is 5.82 Å². The number of methoxy groups -OCH3 is 1. The zero-order chi connectivity index (χ0) is 14.3. The van der Waals surface area contributed by atoms with Gasteiger partial charge in [0.25, 0.3) is 0 Å². The zero-order valence-electron chi connectivity index (χ0n) is 12.1. The smallest absolute Gasteiger partial charge is 0.360 e. The van der Waals surface area contributed by atoms with Crippen LogP contribution in [0.2, 0.25) is 0 Å². The number of rotatable bonds is 2. The molecule has 1 aromatic rings. The molecule has 2 aliphatic rings. The highest BCUT2D eigenvalue weighted by Gasteiger charge is 2.38. The molecule has 2 unspecified atom stereocenters. The number of carbonyl (C=O) groups excluding carboxylic acids is 1. The number of piperidine rings is 1. The zero-order valence-corrected chi connectivity index (χ0v) is 12.1. The minimum atomic E-state index is -0.456. The van der Waals surface area contributed by atoms with Crippen molar-refractivity contribution in [2.24, 2.45) is 0 Å². The van der Waals surface area contributed by atoms with E-state index in [4.69, 9.17) is 10.5 Å². The molecule has 6 nitrogen and oxygen atoms in total. The van der Waals surface area contributed by atoms with Crippen molar-refractivity contribution in [1.82, 2.24) is 14.5 Å². The van der Waals surface area contributed by atoms with Crippen molar-refractivity contribution in [1.29, 1.82) is 0 Å². The summed E-state index contributed by atoms with van der Waals surface area (Å²) in [4.78, 5) is 18.6. The Labute approximate surface area is 118 Å². The van der Waals surface area contributed by atoms with Crippen LogP contribution < -0.4 is 5.73 Å². The first-order chi connectivity index (χ1) is 9.63. The van der Waals surface area contributed by atoms with E-state index in [1.165, 1.54) is 32.9 Å². The number of aryl methyl sites for hydroxylation is 1. The van der Waals surface area contributed by atoms with Gasteiger partial charge in [-0.05, 0) is 32.7 Å². The molecule has 0 aliphatic carbocycles. The summed E-state index contributed by atoms with van der Waals surface area (Å²) in [5.41, 5.74) is 6.41. The van der Waals surface area contributed by atoms with E-state index < -0.39 is 5.97 Å². The van der Waals surface area contributed by atoms with Gasteiger partial charge >= 0.3 is 5.97 Å². The maximum absolute atomic E-state index is 11.7. The molecular weight excluding hydrogens is 256 g/mol. The van der Waals surface area contributed by atoms with Crippen LogP contribution in [0.15, 0.2) is 0 Å². The van der Waals surface area contributed by atoms with Crippen LogP contribution in [0.25, 0.3) is 0 Å². The molecule has 2 N–H and O–H groups in total. The average molecular weight is 278 g/mol. The van der Waals surface area contributed by atoms with E-state index in [1.807, 2.05) is 11.5 Å². The molecular formula is C14H22N4O2. The van der Waals surface area contributed by atoms with Gasteiger partial charge in [0.2, 0.25) is 0 Å². The number of fused-ring (bicyclic) bond motifs is 1. The summed E-state index contributed by atoms with van der Waals surface area (Å²) < 4.78 is 6.79. The third-order valence-electron chi connectivity index (χ3n) is 4.66. The first kappa shape index (κ1) is 13.4. The SMILES string of the molecule is COC(=O)c1nc(C)n(C2CCN3CCCCC23)c1N. The highest BCUT2D eigenvalue weighted by molar-refractivity contribution is 5.92. The molecule has 110 valence electrons. The number of anilines is 1. The van der Waals surface area contributed by atoms with Crippen LogP contribution in [0.3, 0.4) is 0 Å². The van der Waals surface area contributed by atoms with E-state index in [2.05, 4.69) is 9.88 Å². The first-order valence-electron chi connectivity index (χ1n) is 7.30. The molecule has 0 radical (unpaired) electrons. The van der Waals surface area contributed by atoms with Crippen molar-refractivity contribution >= 4 is 11.8 Å². The van der Waals surface area contributed by atoms with Gasteiger partial charge in [-0.1, -0.05) is 6.42 Å². The number of imidazole rings is 1. The molecule has 0 bridgehead atoms. The number of hydrogen-bond acceptors (Lipinski definition) is 5. The van der Waals surface area contributed by atoms with Crippen molar-refractivity contribution in [2.45, 2.75) is 44.7 Å². The predicted octanol–water partition coefficient (Wildman–Crippen LogP) is 1.36. The molecule has 2 atom stereocenters. The number of aromatic nitrogens is 2. The Bertz CT molecular complexity index is 525. The maximum Gasteiger partial charge on any atom is 0.360 e. The second kappa shape index (κ2) is 5.09. The number of carbonyl (C=O) groups is 1. The van der Waals surface area contributed by atoms with E-state index in [9.17, 15) is 4.79 Å². The summed E-state index contributed by atoms with van der Waals surface area (Å²) in [6, 6.07) is 0.866. The molecule has 2 saturated heterocycles. The fourth-order valence-electron chi connectivity index (χ4n) is 3.75. The first-order valence-corrected chi connectivity index (χ1v) is 7.30. The van der Waals surface area contributed by atoms with Gasteiger partial charge in [0, 0.05) is 12.6 Å². The van der Waals surface area contributed by atoms with Crippen molar-refractivity contribution < 1.29 is 9.53 Å². The summed E-state index contributed by atoms with van der Waals surface area (Å²) in [7, 11) is 1.36. The quantitative estimate of drug-likeness (QED) is 0.827. The Balaban J connectivity index is 1.94. The lowest BCUT2D eigenvalue weighted by atomic mass is 9.99. The second-order valence-electron chi connectivity index (χ2n) is 5.71. The molecule has 2 fully saturated rings. The average Bonchev–Trinajstić information content (AvgIpc) is 2.99. The largest absolute Gasteiger partial charge is 0.464 e. The lowest BCUT2D eigenvalue weighted by molar-refractivity contribution is 0.0595. The lowest BCUT2D eigenvalue weighted by Crippen LogP contribution is -2.38. The normalized spacial score (nSPS) is 26.5. The molecule has 2 aliphatic heterocycles. The Hall–Kier alpha value is -1.56. The van der Waals surface area contributed by atoms with Crippen LogP contribution in [-0.4, -0.2) is 46.7 Å². The molecule has 0 amide bonds. The van der Waals surface area contributed by atoms with Gasteiger partial charge in [-0.3, -0.25) is 4.90 Å². The van der Waals surface area contributed by atoms with Gasteiger partial charge in [0.15, 0.2) is 5.69 Å². The fourth-order valence-corrected chi connectivity index (χ4v) is 3.75. The Morgan fingerprint density at radius 2 is 2.10 bits per heavy atom. The summed E-state index contributed by atoms with van der Waals surface area (Å²) in [6.45, 7) is 4.20. The Kier molecular flexibility index (Phi) is 3.41. The number of nitrogens with two attached hydrogens (primary N) is 1. The number of nitrogen functional groups attached to an aromatic ring is 1. The number of nitrogens with zero attached hydrogens (tertiary/aromatic N) is 3. The van der Waals surface area contributed by atoms with E-state index in [0.717, 1.165) is 18.8 Å². The number of esters is 1. The molecule has 0 spiro atoms. The van der Waals surface area contributed by atoms with Crippen molar-refractivity contribution in [2.75, 3.05) is 25.9 Å². The third kappa shape index (κ3) is 1.98. The van der Waals surface area contributed by atoms with Crippen molar-refractivity contribution in [3.05, 3.63) is 11.5 Å². The molecule has 0 saturated carbocycles. The molecule has 6 heteroatoms. The van der Waals surface area contributed by atoms with E-state index in [-0.39, 0.29) is 5.69 Å². The molecule has 0 aromatic carbocycles. The Morgan fingerprint density at radius 3 is 2.85 bits per heavy atom.